The Bertz CT molecular complexity index is 215. The van der Waals surface area contributed by atoms with Crippen molar-refractivity contribution in [2.45, 2.75) is 90.9 Å². The second kappa shape index (κ2) is 16.1. The molecule has 0 aromatic heterocycles. The summed E-state index contributed by atoms with van der Waals surface area (Å²) in [5.41, 5.74) is 0. The molecule has 0 aromatic rings. The van der Waals surface area contributed by atoms with Gasteiger partial charge in [0.15, 0.2) is 0 Å². The average Bonchev–Trinajstić information content (AvgIpc) is 2.38. The fourth-order valence-electron chi connectivity index (χ4n) is 2.39. The molecule has 0 atom stereocenters. The largest absolute Gasteiger partial charge is 0.344 e. The van der Waals surface area contributed by atoms with Gasteiger partial charge in [-0.05, 0) is 12.8 Å². The van der Waals surface area contributed by atoms with Crippen LogP contribution < -0.4 is 0 Å². The van der Waals surface area contributed by atoms with Crippen LogP contribution in [0.3, 0.4) is 0 Å². The van der Waals surface area contributed by atoms with Gasteiger partial charge in [0.05, 0.1) is 0 Å². The molecule has 4 heteroatoms. The predicted molar refractivity (Wildman–Crippen MR) is 86.3 cm³/mol. The van der Waals surface area contributed by atoms with Crippen molar-refractivity contribution in [2.24, 2.45) is 0 Å². The van der Waals surface area contributed by atoms with Crippen LogP contribution in [-0.2, 0) is 21.3 Å². The van der Waals surface area contributed by atoms with E-state index in [1.54, 1.807) is 0 Å². The van der Waals surface area contributed by atoms with Gasteiger partial charge in [0, 0.05) is 29.1 Å². The van der Waals surface area contributed by atoms with Gasteiger partial charge >= 0.3 is 0 Å². The SMILES string of the molecule is CCCCCCCCP(=O)(O)CCCCCCCC.[Co]. The summed E-state index contributed by atoms with van der Waals surface area (Å²) < 4.78 is 11.9. The molecule has 0 rings (SSSR count). The van der Waals surface area contributed by atoms with Gasteiger partial charge in [-0.15, -0.1) is 0 Å². The standard InChI is InChI=1S/C16H35O2P.Co/c1-3-5-7-9-11-13-15-19(17,18)16-14-12-10-8-6-4-2;/h3-16H2,1-2H3,(H,17,18);. The molecule has 0 spiro atoms. The minimum atomic E-state index is -2.80. The van der Waals surface area contributed by atoms with Crippen molar-refractivity contribution in [3.05, 3.63) is 0 Å². The Kier molecular flexibility index (Phi) is 18.5. The van der Waals surface area contributed by atoms with Crippen LogP contribution in [0.5, 0.6) is 0 Å². The molecule has 0 saturated carbocycles. The van der Waals surface area contributed by atoms with Gasteiger partial charge in [-0.1, -0.05) is 78.1 Å². The van der Waals surface area contributed by atoms with Gasteiger partial charge in [0.1, 0.15) is 0 Å². The zero-order valence-electron chi connectivity index (χ0n) is 13.5. The van der Waals surface area contributed by atoms with Gasteiger partial charge < -0.3 is 4.89 Å². The summed E-state index contributed by atoms with van der Waals surface area (Å²) in [4.78, 5) is 9.88. The first-order valence-electron chi connectivity index (χ1n) is 8.43. The summed E-state index contributed by atoms with van der Waals surface area (Å²) in [5.74, 6) is 0. The molecule has 2 nitrogen and oxygen atoms in total. The molecule has 0 heterocycles. The first-order chi connectivity index (χ1) is 9.12. The first kappa shape index (κ1) is 23.0. The quantitative estimate of drug-likeness (QED) is 0.310. The van der Waals surface area contributed by atoms with E-state index in [0.717, 1.165) is 25.7 Å². The van der Waals surface area contributed by atoms with E-state index in [2.05, 4.69) is 13.8 Å². The van der Waals surface area contributed by atoms with Crippen molar-refractivity contribution < 1.29 is 26.2 Å². The van der Waals surface area contributed by atoms with Crippen molar-refractivity contribution in [3.63, 3.8) is 0 Å². The monoisotopic (exact) mass is 349 g/mol. The third-order valence-electron chi connectivity index (χ3n) is 3.72. The van der Waals surface area contributed by atoms with Gasteiger partial charge in [0.25, 0.3) is 0 Å². The number of hydrogen-bond acceptors (Lipinski definition) is 1. The maximum absolute atomic E-state index is 11.9. The Balaban J connectivity index is 0. The summed E-state index contributed by atoms with van der Waals surface area (Å²) in [6.45, 7) is 4.42. The van der Waals surface area contributed by atoms with Crippen molar-refractivity contribution in [1.82, 2.24) is 0 Å². The Morgan fingerprint density at radius 1 is 0.650 bits per heavy atom. The predicted octanol–water partition coefficient (Wildman–Crippen LogP) is 5.98. The molecule has 125 valence electrons. The molecule has 0 saturated heterocycles. The molecule has 20 heavy (non-hydrogen) atoms. The topological polar surface area (TPSA) is 37.3 Å². The molecule has 1 radical (unpaired) electrons. The summed E-state index contributed by atoms with van der Waals surface area (Å²) in [5, 5.41) is 0. The van der Waals surface area contributed by atoms with Crippen molar-refractivity contribution in [3.8, 4) is 0 Å². The van der Waals surface area contributed by atoms with Crippen molar-refractivity contribution in [2.75, 3.05) is 12.3 Å². The van der Waals surface area contributed by atoms with Crippen LogP contribution in [0.25, 0.3) is 0 Å². The molecular formula is C16H35CoO2P. The normalized spacial score (nSPS) is 11.3. The maximum atomic E-state index is 11.9. The maximum Gasteiger partial charge on any atom is 0.200 e. The van der Waals surface area contributed by atoms with E-state index in [0.29, 0.717) is 12.3 Å². The van der Waals surface area contributed by atoms with Crippen LogP contribution in [0.4, 0.5) is 0 Å². The van der Waals surface area contributed by atoms with Gasteiger partial charge in [-0.3, -0.25) is 4.57 Å². The third-order valence-corrected chi connectivity index (χ3v) is 5.75. The third kappa shape index (κ3) is 16.7. The Morgan fingerprint density at radius 2 is 0.950 bits per heavy atom. The zero-order chi connectivity index (χ0) is 14.4. The Morgan fingerprint density at radius 3 is 1.30 bits per heavy atom. The second-order valence-corrected chi connectivity index (χ2v) is 8.42. The van der Waals surface area contributed by atoms with E-state index < -0.39 is 7.37 Å². The smallest absolute Gasteiger partial charge is 0.200 e. The Labute approximate surface area is 137 Å². The molecule has 0 aliphatic heterocycles. The van der Waals surface area contributed by atoms with Crippen molar-refractivity contribution >= 4 is 7.37 Å². The molecule has 1 N–H and O–H groups in total. The van der Waals surface area contributed by atoms with Gasteiger partial charge in [0.2, 0.25) is 7.37 Å². The van der Waals surface area contributed by atoms with Crippen LogP contribution >= 0.6 is 7.37 Å². The van der Waals surface area contributed by atoms with Crippen molar-refractivity contribution in [1.29, 1.82) is 0 Å². The second-order valence-electron chi connectivity index (χ2n) is 5.83. The van der Waals surface area contributed by atoms with Gasteiger partial charge in [-0.2, -0.15) is 0 Å². The number of rotatable bonds is 14. The minimum absolute atomic E-state index is 0. The van der Waals surface area contributed by atoms with E-state index in [9.17, 15) is 9.46 Å². The fourth-order valence-corrected chi connectivity index (χ4v) is 4.05. The molecule has 0 bridgehead atoms. The van der Waals surface area contributed by atoms with Crippen LogP contribution in [0, 0.1) is 0 Å². The number of unbranched alkanes of at least 4 members (excludes halogenated alkanes) is 10. The summed E-state index contributed by atoms with van der Waals surface area (Å²) in [7, 11) is -2.80. The molecule has 0 unspecified atom stereocenters. The summed E-state index contributed by atoms with van der Waals surface area (Å²) in [6, 6.07) is 0. The average molecular weight is 349 g/mol. The molecule has 0 aliphatic rings. The molecular weight excluding hydrogens is 314 g/mol. The van der Waals surface area contributed by atoms with Crippen LogP contribution in [0.2, 0.25) is 0 Å². The summed E-state index contributed by atoms with van der Waals surface area (Å²) >= 11 is 0. The molecule has 0 amide bonds. The molecule has 0 aliphatic carbocycles. The van der Waals surface area contributed by atoms with E-state index in [1.165, 1.54) is 51.4 Å². The fraction of sp³-hybridized carbons (Fsp3) is 1.00. The van der Waals surface area contributed by atoms with E-state index in [1.807, 2.05) is 0 Å². The zero-order valence-corrected chi connectivity index (χ0v) is 15.5. The molecule has 0 aromatic carbocycles. The van der Waals surface area contributed by atoms with Gasteiger partial charge in [-0.25, -0.2) is 0 Å². The van der Waals surface area contributed by atoms with E-state index in [-0.39, 0.29) is 16.8 Å². The van der Waals surface area contributed by atoms with E-state index in [4.69, 9.17) is 0 Å². The van der Waals surface area contributed by atoms with Crippen LogP contribution in [0.1, 0.15) is 90.9 Å². The first-order valence-corrected chi connectivity index (χ1v) is 10.5. The summed E-state index contributed by atoms with van der Waals surface area (Å²) in [6.07, 6.45) is 15.4. The Hall–Kier alpha value is 0.696. The van der Waals surface area contributed by atoms with Crippen LogP contribution in [0.15, 0.2) is 0 Å². The van der Waals surface area contributed by atoms with E-state index >= 15 is 0 Å². The van der Waals surface area contributed by atoms with Crippen LogP contribution in [-0.4, -0.2) is 17.2 Å². The minimum Gasteiger partial charge on any atom is -0.344 e. The molecule has 0 fully saturated rings. The number of hydrogen-bond donors (Lipinski definition) is 1.